The second-order valence-electron chi connectivity index (χ2n) is 5.01. The zero-order chi connectivity index (χ0) is 16.0. The van der Waals surface area contributed by atoms with E-state index in [0.717, 1.165) is 51.9 Å². The van der Waals surface area contributed by atoms with E-state index < -0.39 is 6.17 Å². The van der Waals surface area contributed by atoms with Crippen LogP contribution in [0.25, 0.3) is 0 Å². The highest BCUT2D eigenvalue weighted by atomic mass is 19.1. The molecule has 124 valence electrons. The molecule has 3 nitrogen and oxygen atoms in total. The maximum Gasteiger partial charge on any atom is 0.103 e. The number of alkyl halides is 1. The van der Waals surface area contributed by atoms with Crippen molar-refractivity contribution in [2.75, 3.05) is 40.3 Å². The van der Waals surface area contributed by atoms with Gasteiger partial charge in [0.1, 0.15) is 6.17 Å². The molecule has 2 saturated heterocycles. The highest BCUT2D eigenvalue weighted by Gasteiger charge is 2.14. The van der Waals surface area contributed by atoms with Gasteiger partial charge < -0.3 is 14.9 Å². The summed E-state index contributed by atoms with van der Waals surface area (Å²) in [5.41, 5.74) is 0. The van der Waals surface area contributed by atoms with Crippen molar-refractivity contribution in [1.29, 1.82) is 0 Å². The van der Waals surface area contributed by atoms with Crippen LogP contribution < -0.4 is 0 Å². The molecule has 2 aliphatic heterocycles. The van der Waals surface area contributed by atoms with Gasteiger partial charge >= 0.3 is 0 Å². The molecule has 0 unspecified atom stereocenters. The van der Waals surface area contributed by atoms with Gasteiger partial charge in [0.15, 0.2) is 0 Å². The summed E-state index contributed by atoms with van der Waals surface area (Å²) in [5, 5.41) is 9.00. The molecule has 2 rings (SSSR count). The first-order valence-corrected chi connectivity index (χ1v) is 8.27. The molecular formula is C16H37FN2O. The summed E-state index contributed by atoms with van der Waals surface area (Å²) < 4.78 is 12.3. The largest absolute Gasteiger partial charge is 0.393 e. The molecule has 2 fully saturated rings. The van der Waals surface area contributed by atoms with E-state index >= 15 is 0 Å². The molecule has 2 heterocycles. The summed E-state index contributed by atoms with van der Waals surface area (Å²) in [4.78, 5) is 4.41. The molecule has 0 bridgehead atoms. The number of piperidine rings is 2. The third-order valence-electron chi connectivity index (χ3n) is 3.34. The lowest BCUT2D eigenvalue weighted by Gasteiger charge is -2.25. The van der Waals surface area contributed by atoms with E-state index in [0.29, 0.717) is 0 Å². The Kier molecular flexibility index (Phi) is 16.8. The molecule has 2 aliphatic rings. The van der Waals surface area contributed by atoms with Gasteiger partial charge in [-0.15, -0.1) is 0 Å². The first kappa shape index (κ1) is 22.1. The van der Waals surface area contributed by atoms with Crippen molar-refractivity contribution in [1.82, 2.24) is 9.80 Å². The van der Waals surface area contributed by atoms with Gasteiger partial charge in [-0.25, -0.2) is 4.39 Å². The summed E-state index contributed by atoms with van der Waals surface area (Å²) in [6.07, 6.45) is 2.83. The second-order valence-corrected chi connectivity index (χ2v) is 5.01. The Morgan fingerprint density at radius 3 is 1.30 bits per heavy atom. The summed E-state index contributed by atoms with van der Waals surface area (Å²) in [6, 6.07) is 0. The summed E-state index contributed by atoms with van der Waals surface area (Å²) in [6.45, 7) is 12.0. The van der Waals surface area contributed by atoms with Crippen molar-refractivity contribution >= 4 is 0 Å². The summed E-state index contributed by atoms with van der Waals surface area (Å²) in [5.74, 6) is 0. The average molecular weight is 292 g/mol. The van der Waals surface area contributed by atoms with E-state index in [1.807, 2.05) is 34.7 Å². The van der Waals surface area contributed by atoms with Crippen molar-refractivity contribution in [3.05, 3.63) is 0 Å². The van der Waals surface area contributed by atoms with Gasteiger partial charge in [0.2, 0.25) is 0 Å². The van der Waals surface area contributed by atoms with Gasteiger partial charge in [-0.05, 0) is 39.8 Å². The molecule has 0 aromatic heterocycles. The van der Waals surface area contributed by atoms with Crippen molar-refractivity contribution in [3.8, 4) is 0 Å². The Morgan fingerprint density at radius 2 is 1.05 bits per heavy atom. The maximum absolute atomic E-state index is 12.3. The normalized spacial score (nSPS) is 21.6. The predicted molar refractivity (Wildman–Crippen MR) is 87.1 cm³/mol. The lowest BCUT2D eigenvalue weighted by molar-refractivity contribution is 0.0943. The van der Waals surface area contributed by atoms with E-state index in [9.17, 15) is 4.39 Å². The van der Waals surface area contributed by atoms with Crippen molar-refractivity contribution in [2.45, 2.75) is 65.7 Å². The Labute approximate surface area is 126 Å². The van der Waals surface area contributed by atoms with Gasteiger partial charge in [-0.1, -0.05) is 27.7 Å². The van der Waals surface area contributed by atoms with Crippen LogP contribution in [0.15, 0.2) is 0 Å². The fraction of sp³-hybridized carbons (Fsp3) is 1.00. The van der Waals surface area contributed by atoms with Crippen LogP contribution in [0.5, 0.6) is 0 Å². The SMILES string of the molecule is CC.CC.CN1CCC(F)CC1.CN1CCC(O)CC1. The van der Waals surface area contributed by atoms with Crippen molar-refractivity contribution in [2.24, 2.45) is 0 Å². The zero-order valence-electron chi connectivity index (χ0n) is 14.5. The maximum atomic E-state index is 12.3. The highest BCUT2D eigenvalue weighted by Crippen LogP contribution is 2.10. The molecule has 0 amide bonds. The first-order valence-electron chi connectivity index (χ1n) is 8.27. The van der Waals surface area contributed by atoms with Crippen LogP contribution in [0.1, 0.15) is 53.4 Å². The molecule has 0 aromatic rings. The molecule has 0 saturated carbocycles. The van der Waals surface area contributed by atoms with Crippen LogP contribution in [0, 0.1) is 0 Å². The quantitative estimate of drug-likeness (QED) is 0.743. The second kappa shape index (κ2) is 15.2. The van der Waals surface area contributed by atoms with E-state index in [4.69, 9.17) is 5.11 Å². The smallest absolute Gasteiger partial charge is 0.103 e. The topological polar surface area (TPSA) is 26.7 Å². The minimum Gasteiger partial charge on any atom is -0.393 e. The lowest BCUT2D eigenvalue weighted by Crippen LogP contribution is -2.32. The molecule has 1 N–H and O–H groups in total. The number of halogens is 1. The number of aliphatic hydroxyl groups excluding tert-OH is 1. The van der Waals surface area contributed by atoms with E-state index in [1.165, 1.54) is 0 Å². The number of nitrogens with zero attached hydrogens (tertiary/aromatic N) is 2. The molecule has 0 spiro atoms. The van der Waals surface area contributed by atoms with Gasteiger partial charge in [-0.3, -0.25) is 0 Å². The van der Waals surface area contributed by atoms with E-state index in [1.54, 1.807) is 0 Å². The standard InChI is InChI=1S/C6H12FN.C6H13NO.2C2H6/c1-8-4-2-6(7)3-5-8;1-7-4-2-6(8)3-5-7;2*1-2/h6H,2-5H2,1H3;6,8H,2-5H2,1H3;2*1-2H3. The molecule has 20 heavy (non-hydrogen) atoms. The molecule has 0 radical (unpaired) electrons. The van der Waals surface area contributed by atoms with Crippen LogP contribution in [-0.2, 0) is 0 Å². The third-order valence-corrected chi connectivity index (χ3v) is 3.34. The number of likely N-dealkylation sites (tertiary alicyclic amines) is 2. The lowest BCUT2D eigenvalue weighted by atomic mass is 10.1. The fourth-order valence-corrected chi connectivity index (χ4v) is 1.97. The van der Waals surface area contributed by atoms with Crippen molar-refractivity contribution in [3.63, 3.8) is 0 Å². The first-order chi connectivity index (χ1) is 9.58. The van der Waals surface area contributed by atoms with Crippen LogP contribution >= 0.6 is 0 Å². The van der Waals surface area contributed by atoms with Crippen LogP contribution in [0.3, 0.4) is 0 Å². The molecule has 0 aliphatic carbocycles. The Bertz CT molecular complexity index is 137. The van der Waals surface area contributed by atoms with Crippen molar-refractivity contribution < 1.29 is 9.50 Å². The number of aliphatic hydroxyl groups is 1. The molecule has 0 atom stereocenters. The molecule has 0 aromatic carbocycles. The monoisotopic (exact) mass is 292 g/mol. The number of hydrogen-bond donors (Lipinski definition) is 1. The van der Waals surface area contributed by atoms with Gasteiger partial charge in [0.05, 0.1) is 6.10 Å². The third kappa shape index (κ3) is 12.8. The van der Waals surface area contributed by atoms with Crippen LogP contribution in [0.2, 0.25) is 0 Å². The minimum absolute atomic E-state index is 0.0220. The Morgan fingerprint density at radius 1 is 0.750 bits per heavy atom. The Balaban J connectivity index is 0. The van der Waals surface area contributed by atoms with E-state index in [-0.39, 0.29) is 6.10 Å². The number of rotatable bonds is 0. The van der Waals surface area contributed by atoms with Crippen LogP contribution in [0.4, 0.5) is 4.39 Å². The summed E-state index contributed by atoms with van der Waals surface area (Å²) >= 11 is 0. The fourth-order valence-electron chi connectivity index (χ4n) is 1.97. The summed E-state index contributed by atoms with van der Waals surface area (Å²) in [7, 11) is 4.12. The average Bonchev–Trinajstić information content (AvgIpc) is 2.50. The Hall–Kier alpha value is -0.190. The minimum atomic E-state index is -0.522. The molecule has 4 heteroatoms. The van der Waals surface area contributed by atoms with Gasteiger partial charge in [0, 0.05) is 26.2 Å². The van der Waals surface area contributed by atoms with Crippen LogP contribution in [-0.4, -0.2) is 67.5 Å². The van der Waals surface area contributed by atoms with Gasteiger partial charge in [-0.2, -0.15) is 0 Å². The molecular weight excluding hydrogens is 255 g/mol. The number of hydrogen-bond acceptors (Lipinski definition) is 3. The predicted octanol–water partition coefficient (Wildman–Crippen LogP) is 3.18. The van der Waals surface area contributed by atoms with E-state index in [2.05, 4.69) is 16.8 Å². The zero-order valence-corrected chi connectivity index (χ0v) is 14.5. The van der Waals surface area contributed by atoms with Gasteiger partial charge in [0.25, 0.3) is 0 Å². The highest BCUT2D eigenvalue weighted by molar-refractivity contribution is 4.68.